The molecule has 1 unspecified atom stereocenters. The van der Waals surface area contributed by atoms with Crippen LogP contribution in [0.1, 0.15) is 24.8 Å². The highest BCUT2D eigenvalue weighted by Gasteiger charge is 2.17. The van der Waals surface area contributed by atoms with Crippen LogP contribution >= 0.6 is 0 Å². The van der Waals surface area contributed by atoms with Gasteiger partial charge in [-0.25, -0.2) is 0 Å². The maximum absolute atomic E-state index is 11.4. The highest BCUT2D eigenvalue weighted by molar-refractivity contribution is 5.70. The molecule has 0 saturated carbocycles. The molecule has 17 heavy (non-hydrogen) atoms. The van der Waals surface area contributed by atoms with Gasteiger partial charge in [-0.3, -0.25) is 4.79 Å². The zero-order valence-electron chi connectivity index (χ0n) is 10.2. The van der Waals surface area contributed by atoms with E-state index in [-0.39, 0.29) is 24.1 Å². The number of carbonyl (C=O) groups is 1. The van der Waals surface area contributed by atoms with Gasteiger partial charge >= 0.3 is 5.97 Å². The van der Waals surface area contributed by atoms with Gasteiger partial charge < -0.3 is 14.6 Å². The predicted octanol–water partition coefficient (Wildman–Crippen LogP) is 2.08. The fourth-order valence-corrected chi connectivity index (χ4v) is 1.67. The zero-order valence-corrected chi connectivity index (χ0v) is 10.2. The number of hydrogen-bond donors (Lipinski definition) is 1. The number of carbonyl (C=O) groups excluding carboxylic acids is 1. The minimum atomic E-state index is -0.252. The van der Waals surface area contributed by atoms with Crippen molar-refractivity contribution >= 4 is 5.97 Å². The molecular weight excluding hydrogens is 220 g/mol. The molecule has 0 bridgehead atoms. The Balaban J connectivity index is 2.74. The molecule has 0 spiro atoms. The Morgan fingerprint density at radius 2 is 2.24 bits per heavy atom. The number of ether oxygens (including phenoxy) is 2. The minimum Gasteiger partial charge on any atom is -0.508 e. The molecule has 94 valence electrons. The number of phenols is 1. The van der Waals surface area contributed by atoms with Crippen LogP contribution in [-0.2, 0) is 14.3 Å². The second kappa shape index (κ2) is 6.91. The first kappa shape index (κ1) is 13.5. The smallest absolute Gasteiger partial charge is 0.306 e. The minimum absolute atomic E-state index is 0.0915. The lowest BCUT2D eigenvalue weighted by atomic mass is 9.96. The topological polar surface area (TPSA) is 55.8 Å². The van der Waals surface area contributed by atoms with Crippen LogP contribution in [0.25, 0.3) is 0 Å². The molecule has 0 heterocycles. The van der Waals surface area contributed by atoms with Gasteiger partial charge in [0.15, 0.2) is 0 Å². The summed E-state index contributed by atoms with van der Waals surface area (Å²) in [6.45, 7) is 2.57. The fourth-order valence-electron chi connectivity index (χ4n) is 1.67. The first-order valence-electron chi connectivity index (χ1n) is 5.60. The molecule has 0 fully saturated rings. The van der Waals surface area contributed by atoms with Gasteiger partial charge in [0.25, 0.3) is 0 Å². The Bertz CT molecular complexity index is 362. The summed E-state index contributed by atoms with van der Waals surface area (Å²) in [6, 6.07) is 6.85. The molecule has 0 aromatic heterocycles. The summed E-state index contributed by atoms with van der Waals surface area (Å²) in [4.78, 5) is 11.4. The summed E-state index contributed by atoms with van der Waals surface area (Å²) < 4.78 is 10.0. The zero-order chi connectivity index (χ0) is 12.7. The van der Waals surface area contributed by atoms with Gasteiger partial charge in [-0.15, -0.1) is 0 Å². The third-order valence-electron chi connectivity index (χ3n) is 2.43. The van der Waals surface area contributed by atoms with E-state index < -0.39 is 0 Å². The van der Waals surface area contributed by atoms with E-state index in [4.69, 9.17) is 9.47 Å². The molecule has 1 rings (SSSR count). The van der Waals surface area contributed by atoms with E-state index >= 15 is 0 Å². The van der Waals surface area contributed by atoms with E-state index in [0.717, 1.165) is 5.56 Å². The van der Waals surface area contributed by atoms with Crippen molar-refractivity contribution in [3.63, 3.8) is 0 Å². The second-order valence-corrected chi connectivity index (χ2v) is 3.76. The normalized spacial score (nSPS) is 12.1. The number of benzene rings is 1. The largest absolute Gasteiger partial charge is 0.508 e. The number of esters is 1. The molecule has 0 aliphatic carbocycles. The van der Waals surface area contributed by atoms with E-state index in [1.54, 1.807) is 32.2 Å². The molecule has 1 aromatic carbocycles. The van der Waals surface area contributed by atoms with E-state index in [0.29, 0.717) is 13.2 Å². The molecule has 4 nitrogen and oxygen atoms in total. The van der Waals surface area contributed by atoms with E-state index in [1.165, 1.54) is 0 Å². The first-order valence-corrected chi connectivity index (χ1v) is 5.60. The monoisotopic (exact) mass is 238 g/mol. The summed E-state index contributed by atoms with van der Waals surface area (Å²) in [6.07, 6.45) is 0.255. The van der Waals surface area contributed by atoms with Crippen molar-refractivity contribution in [3.05, 3.63) is 29.8 Å². The van der Waals surface area contributed by atoms with Crippen LogP contribution in [0.4, 0.5) is 0 Å². The summed E-state index contributed by atoms with van der Waals surface area (Å²) in [5, 5.41) is 9.41. The quantitative estimate of drug-likeness (QED) is 0.771. The van der Waals surface area contributed by atoms with E-state index in [1.807, 2.05) is 6.07 Å². The number of aromatic hydroxyl groups is 1. The summed E-state index contributed by atoms with van der Waals surface area (Å²) in [7, 11) is 1.58. The lowest BCUT2D eigenvalue weighted by molar-refractivity contribution is -0.143. The van der Waals surface area contributed by atoms with Crippen molar-refractivity contribution in [1.29, 1.82) is 0 Å². The van der Waals surface area contributed by atoms with Gasteiger partial charge in [0.2, 0.25) is 0 Å². The molecule has 4 heteroatoms. The fraction of sp³-hybridized carbons (Fsp3) is 0.462. The average molecular weight is 238 g/mol. The van der Waals surface area contributed by atoms with Gasteiger partial charge in [0, 0.05) is 13.0 Å². The number of methoxy groups -OCH3 is 1. The van der Waals surface area contributed by atoms with Crippen LogP contribution in [0.5, 0.6) is 5.75 Å². The molecule has 0 saturated heterocycles. The van der Waals surface area contributed by atoms with Crippen molar-refractivity contribution < 1.29 is 19.4 Å². The number of phenolic OH excluding ortho intramolecular Hbond substituents is 1. The van der Waals surface area contributed by atoms with Crippen LogP contribution in [0.3, 0.4) is 0 Å². The molecule has 0 aliphatic heterocycles. The molecule has 1 atom stereocenters. The van der Waals surface area contributed by atoms with E-state index in [9.17, 15) is 9.90 Å². The third-order valence-corrected chi connectivity index (χ3v) is 2.43. The Hall–Kier alpha value is -1.55. The van der Waals surface area contributed by atoms with E-state index in [2.05, 4.69) is 0 Å². The third kappa shape index (κ3) is 4.44. The Morgan fingerprint density at radius 3 is 2.82 bits per heavy atom. The van der Waals surface area contributed by atoms with Crippen molar-refractivity contribution in [2.24, 2.45) is 0 Å². The lowest BCUT2D eigenvalue weighted by Crippen LogP contribution is -2.14. The summed E-state index contributed by atoms with van der Waals surface area (Å²) >= 11 is 0. The van der Waals surface area contributed by atoms with Crippen LogP contribution in [0, 0.1) is 0 Å². The van der Waals surface area contributed by atoms with Gasteiger partial charge in [-0.2, -0.15) is 0 Å². The molecular formula is C13H18O4. The molecule has 0 aliphatic rings. The van der Waals surface area contributed by atoms with Crippen molar-refractivity contribution in [2.45, 2.75) is 19.3 Å². The van der Waals surface area contributed by atoms with Crippen LogP contribution in [0.15, 0.2) is 24.3 Å². The van der Waals surface area contributed by atoms with Crippen LogP contribution in [-0.4, -0.2) is 31.4 Å². The number of hydrogen-bond acceptors (Lipinski definition) is 4. The van der Waals surface area contributed by atoms with Crippen LogP contribution < -0.4 is 0 Å². The molecule has 1 N–H and O–H groups in total. The second-order valence-electron chi connectivity index (χ2n) is 3.76. The SMILES string of the molecule is CCOC(=O)CC(COC)c1cccc(O)c1. The Labute approximate surface area is 101 Å². The molecule has 0 radical (unpaired) electrons. The highest BCUT2D eigenvalue weighted by Crippen LogP contribution is 2.23. The average Bonchev–Trinajstić information content (AvgIpc) is 2.29. The molecule has 1 aromatic rings. The summed E-state index contributed by atoms with van der Waals surface area (Å²) in [5.41, 5.74) is 0.875. The molecule has 0 amide bonds. The van der Waals surface area contributed by atoms with Crippen LogP contribution in [0.2, 0.25) is 0 Å². The predicted molar refractivity (Wildman–Crippen MR) is 64.0 cm³/mol. The van der Waals surface area contributed by atoms with Gasteiger partial charge in [-0.1, -0.05) is 12.1 Å². The van der Waals surface area contributed by atoms with Gasteiger partial charge in [0.05, 0.1) is 19.6 Å². The first-order chi connectivity index (χ1) is 8.17. The summed E-state index contributed by atoms with van der Waals surface area (Å²) in [5.74, 6) is -0.156. The maximum atomic E-state index is 11.4. The lowest BCUT2D eigenvalue weighted by Gasteiger charge is -2.15. The van der Waals surface area contributed by atoms with Gasteiger partial charge in [-0.05, 0) is 24.6 Å². The van der Waals surface area contributed by atoms with Crippen molar-refractivity contribution in [1.82, 2.24) is 0 Å². The standard InChI is InChI=1S/C13H18O4/c1-3-17-13(15)8-11(9-16-2)10-5-4-6-12(14)7-10/h4-7,11,14H,3,8-9H2,1-2H3. The maximum Gasteiger partial charge on any atom is 0.306 e. The van der Waals surface area contributed by atoms with Crippen molar-refractivity contribution in [2.75, 3.05) is 20.3 Å². The highest BCUT2D eigenvalue weighted by atomic mass is 16.5. The number of rotatable bonds is 6. The van der Waals surface area contributed by atoms with Gasteiger partial charge in [0.1, 0.15) is 5.75 Å². The van der Waals surface area contributed by atoms with Crippen molar-refractivity contribution in [3.8, 4) is 5.75 Å². The Morgan fingerprint density at radius 1 is 1.47 bits per heavy atom. The Kier molecular flexibility index (Phi) is 5.49.